The van der Waals surface area contributed by atoms with Crippen molar-refractivity contribution in [2.24, 2.45) is 0 Å². The van der Waals surface area contributed by atoms with Gasteiger partial charge in [-0.2, -0.15) is 0 Å². The smallest absolute Gasteiger partial charge is 0.126 e. The lowest BCUT2D eigenvalue weighted by Crippen LogP contribution is -2.38. The highest BCUT2D eigenvalue weighted by molar-refractivity contribution is 5.57. The van der Waals surface area contributed by atoms with Crippen molar-refractivity contribution in [2.75, 3.05) is 18.0 Å². The van der Waals surface area contributed by atoms with Crippen LogP contribution in [0.2, 0.25) is 0 Å². The summed E-state index contributed by atoms with van der Waals surface area (Å²) in [5, 5.41) is 19.5. The van der Waals surface area contributed by atoms with Crippen LogP contribution < -0.4 is 4.90 Å². The van der Waals surface area contributed by atoms with Crippen molar-refractivity contribution in [2.45, 2.75) is 38.9 Å². The lowest BCUT2D eigenvalue weighted by molar-refractivity contribution is 0.153. The molecular formula is C14H20FNO2. The van der Waals surface area contributed by atoms with Gasteiger partial charge in [0.2, 0.25) is 0 Å². The normalized spacial score (nSPS) is 22.1. The predicted octanol–water partition coefficient (Wildman–Crippen LogP) is 2.15. The lowest BCUT2D eigenvalue weighted by Gasteiger charge is -2.34. The van der Waals surface area contributed by atoms with E-state index in [9.17, 15) is 14.6 Å². The molecule has 0 saturated carbocycles. The molecule has 1 fully saturated rings. The summed E-state index contributed by atoms with van der Waals surface area (Å²) in [7, 11) is 0. The summed E-state index contributed by atoms with van der Waals surface area (Å²) in [5.41, 5.74) is 1.99. The Kier molecular flexibility index (Phi) is 3.88. The van der Waals surface area contributed by atoms with Crippen LogP contribution in [-0.2, 0) is 0 Å². The van der Waals surface area contributed by atoms with Crippen molar-refractivity contribution >= 4 is 5.69 Å². The fourth-order valence-corrected chi connectivity index (χ4v) is 2.46. The number of hydrogen-bond donors (Lipinski definition) is 2. The summed E-state index contributed by atoms with van der Waals surface area (Å²) in [4.78, 5) is 2.03. The molecule has 0 aromatic heterocycles. The number of aliphatic hydroxyl groups excluding tert-OH is 2. The molecule has 3 nitrogen and oxygen atoms in total. The average molecular weight is 253 g/mol. The zero-order valence-electron chi connectivity index (χ0n) is 10.9. The fourth-order valence-electron chi connectivity index (χ4n) is 2.46. The zero-order chi connectivity index (χ0) is 13.3. The molecule has 18 heavy (non-hydrogen) atoms. The second-order valence-electron chi connectivity index (χ2n) is 5.08. The van der Waals surface area contributed by atoms with E-state index in [1.807, 2.05) is 4.90 Å². The van der Waals surface area contributed by atoms with Gasteiger partial charge in [0.25, 0.3) is 0 Å². The molecule has 1 aliphatic heterocycles. The lowest BCUT2D eigenvalue weighted by atomic mass is 10.0. The predicted molar refractivity (Wildman–Crippen MR) is 69.2 cm³/mol. The molecule has 0 spiro atoms. The van der Waals surface area contributed by atoms with Gasteiger partial charge in [0.15, 0.2) is 0 Å². The van der Waals surface area contributed by atoms with Gasteiger partial charge in [-0.05, 0) is 44.4 Å². The molecule has 1 aliphatic rings. The molecule has 100 valence electrons. The highest BCUT2D eigenvalue weighted by Crippen LogP contribution is 2.31. The molecule has 1 saturated heterocycles. The Balaban J connectivity index is 2.38. The van der Waals surface area contributed by atoms with Crippen LogP contribution in [-0.4, -0.2) is 29.4 Å². The molecule has 1 aromatic rings. The van der Waals surface area contributed by atoms with Gasteiger partial charge in [0.05, 0.1) is 12.2 Å². The Bertz CT molecular complexity index is 434. The van der Waals surface area contributed by atoms with Crippen LogP contribution >= 0.6 is 0 Å². The van der Waals surface area contributed by atoms with E-state index in [-0.39, 0.29) is 11.9 Å². The second-order valence-corrected chi connectivity index (χ2v) is 5.08. The first-order valence-corrected chi connectivity index (χ1v) is 6.40. The quantitative estimate of drug-likeness (QED) is 0.848. The summed E-state index contributed by atoms with van der Waals surface area (Å²) < 4.78 is 13.6. The first kappa shape index (κ1) is 13.3. The van der Waals surface area contributed by atoms with Crippen molar-refractivity contribution in [3.63, 3.8) is 0 Å². The van der Waals surface area contributed by atoms with Crippen LogP contribution in [0.4, 0.5) is 10.1 Å². The number of nitrogens with zero attached hydrogens (tertiary/aromatic N) is 1. The van der Waals surface area contributed by atoms with Gasteiger partial charge in [-0.1, -0.05) is 0 Å². The third kappa shape index (κ3) is 2.65. The molecule has 1 heterocycles. The molecule has 2 atom stereocenters. The van der Waals surface area contributed by atoms with Crippen LogP contribution in [0.15, 0.2) is 12.1 Å². The molecule has 0 aliphatic carbocycles. The third-order valence-corrected chi connectivity index (χ3v) is 3.50. The van der Waals surface area contributed by atoms with Crippen molar-refractivity contribution in [1.82, 2.24) is 0 Å². The number of piperidine rings is 1. The first-order chi connectivity index (χ1) is 8.49. The number of anilines is 1. The number of benzene rings is 1. The maximum atomic E-state index is 13.6. The Morgan fingerprint density at radius 2 is 2.17 bits per heavy atom. The maximum Gasteiger partial charge on any atom is 0.126 e. The molecule has 0 bridgehead atoms. The number of halogens is 1. The molecule has 4 heteroatoms. The van der Waals surface area contributed by atoms with Crippen LogP contribution in [0.25, 0.3) is 0 Å². The van der Waals surface area contributed by atoms with Gasteiger partial charge in [0, 0.05) is 24.3 Å². The van der Waals surface area contributed by atoms with Gasteiger partial charge in [0.1, 0.15) is 5.82 Å². The molecule has 2 N–H and O–H groups in total. The van der Waals surface area contributed by atoms with Crippen LogP contribution in [0.5, 0.6) is 0 Å². The van der Waals surface area contributed by atoms with Gasteiger partial charge >= 0.3 is 0 Å². The fraction of sp³-hybridized carbons (Fsp3) is 0.571. The largest absolute Gasteiger partial charge is 0.391 e. The van der Waals surface area contributed by atoms with Crippen LogP contribution in [0, 0.1) is 12.7 Å². The number of hydrogen-bond acceptors (Lipinski definition) is 3. The summed E-state index contributed by atoms with van der Waals surface area (Å²) in [5.74, 6) is -0.299. The summed E-state index contributed by atoms with van der Waals surface area (Å²) in [6, 6.07) is 3.16. The van der Waals surface area contributed by atoms with Crippen LogP contribution in [0.1, 0.15) is 37.0 Å². The molecule has 1 unspecified atom stereocenters. The molecule has 0 radical (unpaired) electrons. The first-order valence-electron chi connectivity index (χ1n) is 6.40. The molecule has 2 rings (SSSR count). The van der Waals surface area contributed by atoms with Crippen molar-refractivity contribution in [1.29, 1.82) is 0 Å². The van der Waals surface area contributed by atoms with Gasteiger partial charge < -0.3 is 15.1 Å². The van der Waals surface area contributed by atoms with Crippen LogP contribution in [0.3, 0.4) is 0 Å². The maximum absolute atomic E-state index is 13.6. The average Bonchev–Trinajstić information content (AvgIpc) is 2.31. The van der Waals surface area contributed by atoms with E-state index in [2.05, 4.69) is 0 Å². The van der Waals surface area contributed by atoms with Gasteiger partial charge in [-0.25, -0.2) is 4.39 Å². The SMILES string of the molecule is Cc1cc(N2CCCC(O)C2)c([C@H](C)O)cc1F. The van der Waals surface area contributed by atoms with E-state index >= 15 is 0 Å². The van der Waals surface area contributed by atoms with E-state index in [1.54, 1.807) is 19.9 Å². The van der Waals surface area contributed by atoms with E-state index in [1.165, 1.54) is 6.07 Å². The summed E-state index contributed by atoms with van der Waals surface area (Å²) in [6.45, 7) is 4.73. The third-order valence-electron chi connectivity index (χ3n) is 3.50. The van der Waals surface area contributed by atoms with E-state index in [4.69, 9.17) is 0 Å². The Morgan fingerprint density at radius 1 is 1.44 bits per heavy atom. The molecule has 1 aromatic carbocycles. The van der Waals surface area contributed by atoms with Gasteiger partial charge in [-0.15, -0.1) is 0 Å². The number of β-amino-alcohol motifs (C(OH)–C–C–N with tert-alkyl or cyclic N) is 1. The molecule has 0 amide bonds. The van der Waals surface area contributed by atoms with E-state index in [0.29, 0.717) is 17.7 Å². The Labute approximate surface area is 107 Å². The van der Waals surface area contributed by atoms with Crippen molar-refractivity contribution in [3.8, 4) is 0 Å². The Hall–Kier alpha value is -1.13. The number of rotatable bonds is 2. The monoisotopic (exact) mass is 253 g/mol. The number of aryl methyl sites for hydroxylation is 1. The van der Waals surface area contributed by atoms with E-state index < -0.39 is 6.10 Å². The summed E-state index contributed by atoms with van der Waals surface area (Å²) in [6.07, 6.45) is 0.664. The van der Waals surface area contributed by atoms with E-state index in [0.717, 1.165) is 25.1 Å². The second kappa shape index (κ2) is 5.24. The molecular weight excluding hydrogens is 233 g/mol. The highest BCUT2D eigenvalue weighted by atomic mass is 19.1. The minimum absolute atomic E-state index is 0.299. The minimum Gasteiger partial charge on any atom is -0.391 e. The minimum atomic E-state index is -0.714. The van der Waals surface area contributed by atoms with Crippen molar-refractivity contribution < 1.29 is 14.6 Å². The zero-order valence-corrected chi connectivity index (χ0v) is 10.9. The standard InChI is InChI=1S/C14H20FNO2/c1-9-6-14(12(10(2)17)7-13(9)15)16-5-3-4-11(18)8-16/h6-7,10-11,17-18H,3-5,8H2,1-2H3/t10-,11?/m0/s1. The number of aliphatic hydroxyl groups is 2. The van der Waals surface area contributed by atoms with Gasteiger partial charge in [-0.3, -0.25) is 0 Å². The highest BCUT2D eigenvalue weighted by Gasteiger charge is 2.22. The topological polar surface area (TPSA) is 43.7 Å². The Morgan fingerprint density at radius 3 is 2.78 bits per heavy atom. The van der Waals surface area contributed by atoms with Crippen molar-refractivity contribution in [3.05, 3.63) is 29.1 Å². The summed E-state index contributed by atoms with van der Waals surface area (Å²) >= 11 is 0.